The molecule has 0 aliphatic heterocycles. The van der Waals surface area contributed by atoms with E-state index in [4.69, 9.17) is 0 Å². The summed E-state index contributed by atoms with van der Waals surface area (Å²) < 4.78 is 14.2. The fourth-order valence-electron chi connectivity index (χ4n) is 2.66. The summed E-state index contributed by atoms with van der Waals surface area (Å²) in [6, 6.07) is 12.6. The molecule has 27 heavy (non-hydrogen) atoms. The van der Waals surface area contributed by atoms with E-state index in [9.17, 15) is 14.0 Å². The number of amides is 1. The van der Waals surface area contributed by atoms with Crippen LogP contribution in [0.1, 0.15) is 21.6 Å². The van der Waals surface area contributed by atoms with Gasteiger partial charge in [-0.3, -0.25) is 14.6 Å². The van der Waals surface area contributed by atoms with Gasteiger partial charge in [0.1, 0.15) is 11.5 Å². The molecule has 138 valence electrons. The summed E-state index contributed by atoms with van der Waals surface area (Å²) in [5.41, 5.74) is 1.72. The number of rotatable bonds is 6. The van der Waals surface area contributed by atoms with Crippen LogP contribution in [-0.2, 0) is 20.0 Å². The lowest BCUT2D eigenvalue weighted by atomic mass is 10.1. The Morgan fingerprint density at radius 2 is 1.89 bits per heavy atom. The van der Waals surface area contributed by atoms with E-state index in [2.05, 4.69) is 10.1 Å². The first kappa shape index (κ1) is 18.4. The smallest absolute Gasteiger partial charge is 0.274 e. The Morgan fingerprint density at radius 3 is 2.56 bits per heavy atom. The number of aryl methyl sites for hydroxylation is 1. The van der Waals surface area contributed by atoms with Crippen molar-refractivity contribution < 1.29 is 9.18 Å². The molecular weight excluding hydrogens is 347 g/mol. The molecule has 0 bridgehead atoms. The molecule has 2 heterocycles. The van der Waals surface area contributed by atoms with Gasteiger partial charge in [0.15, 0.2) is 0 Å². The maximum Gasteiger partial charge on any atom is 0.274 e. The van der Waals surface area contributed by atoms with E-state index in [0.717, 1.165) is 15.8 Å². The first-order valence-electron chi connectivity index (χ1n) is 8.50. The van der Waals surface area contributed by atoms with E-state index >= 15 is 0 Å². The third-order valence-corrected chi connectivity index (χ3v) is 4.15. The van der Waals surface area contributed by atoms with Crippen molar-refractivity contribution >= 4 is 5.91 Å². The lowest BCUT2D eigenvalue weighted by Gasteiger charge is -2.22. The third kappa shape index (κ3) is 4.84. The fourth-order valence-corrected chi connectivity index (χ4v) is 2.66. The topological polar surface area (TPSA) is 68.1 Å². The van der Waals surface area contributed by atoms with E-state index in [0.29, 0.717) is 19.5 Å². The summed E-state index contributed by atoms with van der Waals surface area (Å²) in [5.74, 6) is -0.576. The van der Waals surface area contributed by atoms with E-state index < -0.39 is 0 Å². The maximum atomic E-state index is 13.1. The Kier molecular flexibility index (Phi) is 5.71. The molecule has 0 spiro atoms. The average molecular weight is 366 g/mol. The van der Waals surface area contributed by atoms with E-state index in [1.54, 1.807) is 29.4 Å². The van der Waals surface area contributed by atoms with Crippen LogP contribution in [0.15, 0.2) is 65.7 Å². The highest BCUT2D eigenvalue weighted by atomic mass is 19.1. The number of pyridine rings is 1. The standard InChI is InChI=1S/C20H19FN4O2/c1-24-19(26)9-8-18(23-24)20(27)25(14-16-3-2-11-22-13-16)12-10-15-4-6-17(21)7-5-15/h2-9,11,13H,10,12,14H2,1H3. The largest absolute Gasteiger partial charge is 0.333 e. The van der Waals surface area contributed by atoms with Gasteiger partial charge in [-0.25, -0.2) is 9.07 Å². The molecule has 0 atom stereocenters. The predicted octanol–water partition coefficient (Wildman–Crippen LogP) is 2.20. The summed E-state index contributed by atoms with van der Waals surface area (Å²) in [4.78, 5) is 30.2. The zero-order chi connectivity index (χ0) is 19.2. The van der Waals surface area contributed by atoms with Crippen LogP contribution in [0.25, 0.3) is 0 Å². The molecule has 7 heteroatoms. The van der Waals surface area contributed by atoms with E-state index in [1.807, 2.05) is 12.1 Å². The van der Waals surface area contributed by atoms with Crippen LogP contribution < -0.4 is 5.56 Å². The fraction of sp³-hybridized carbons (Fsp3) is 0.200. The number of halogens is 1. The number of hydrogen-bond donors (Lipinski definition) is 0. The molecule has 0 unspecified atom stereocenters. The first-order valence-corrected chi connectivity index (χ1v) is 8.50. The van der Waals surface area contributed by atoms with Crippen LogP contribution in [0.5, 0.6) is 0 Å². The second kappa shape index (κ2) is 8.35. The van der Waals surface area contributed by atoms with Crippen LogP contribution in [0, 0.1) is 5.82 Å². The zero-order valence-corrected chi connectivity index (χ0v) is 14.9. The molecule has 0 fully saturated rings. The summed E-state index contributed by atoms with van der Waals surface area (Å²) in [7, 11) is 1.50. The number of benzene rings is 1. The van der Waals surface area contributed by atoms with Gasteiger partial charge in [0.05, 0.1) is 0 Å². The monoisotopic (exact) mass is 366 g/mol. The van der Waals surface area contributed by atoms with Crippen molar-refractivity contribution in [2.45, 2.75) is 13.0 Å². The highest BCUT2D eigenvalue weighted by Gasteiger charge is 2.18. The molecule has 3 aromatic rings. The molecule has 3 rings (SSSR count). The highest BCUT2D eigenvalue weighted by Crippen LogP contribution is 2.10. The quantitative estimate of drug-likeness (QED) is 0.671. The highest BCUT2D eigenvalue weighted by molar-refractivity contribution is 5.92. The number of carbonyl (C=O) groups is 1. The summed E-state index contributed by atoms with van der Waals surface area (Å²) in [6.45, 7) is 0.780. The zero-order valence-electron chi connectivity index (χ0n) is 14.9. The van der Waals surface area contributed by atoms with E-state index in [-0.39, 0.29) is 23.0 Å². The van der Waals surface area contributed by atoms with Crippen molar-refractivity contribution in [2.24, 2.45) is 7.05 Å². The van der Waals surface area contributed by atoms with Gasteiger partial charge in [0, 0.05) is 38.6 Å². The predicted molar refractivity (Wildman–Crippen MR) is 98.6 cm³/mol. The van der Waals surface area contributed by atoms with Gasteiger partial charge in [-0.15, -0.1) is 0 Å². The second-order valence-corrected chi connectivity index (χ2v) is 6.14. The molecule has 1 amide bonds. The van der Waals surface area contributed by atoms with Gasteiger partial charge in [0.2, 0.25) is 0 Å². The molecule has 0 aliphatic rings. The van der Waals surface area contributed by atoms with E-state index in [1.165, 1.54) is 31.3 Å². The molecule has 2 aromatic heterocycles. The minimum Gasteiger partial charge on any atom is -0.333 e. The molecule has 0 saturated heterocycles. The number of carbonyl (C=O) groups excluding carboxylic acids is 1. The molecule has 6 nitrogen and oxygen atoms in total. The minimum absolute atomic E-state index is 0.195. The van der Waals surface area contributed by atoms with Crippen molar-refractivity contribution in [3.63, 3.8) is 0 Å². The Balaban J connectivity index is 1.81. The second-order valence-electron chi connectivity index (χ2n) is 6.14. The average Bonchev–Trinajstić information content (AvgIpc) is 2.69. The molecule has 0 N–H and O–H groups in total. The van der Waals surface area contributed by atoms with Gasteiger partial charge in [-0.2, -0.15) is 5.10 Å². The summed E-state index contributed by atoms with van der Waals surface area (Å²) >= 11 is 0. The Hall–Kier alpha value is -3.35. The van der Waals surface area contributed by atoms with Crippen LogP contribution in [0.3, 0.4) is 0 Å². The van der Waals surface area contributed by atoms with Gasteiger partial charge >= 0.3 is 0 Å². The molecule has 0 saturated carbocycles. The Morgan fingerprint density at radius 1 is 1.11 bits per heavy atom. The lowest BCUT2D eigenvalue weighted by molar-refractivity contribution is 0.0736. The SMILES string of the molecule is Cn1nc(C(=O)N(CCc2ccc(F)cc2)Cc2cccnc2)ccc1=O. The van der Waals surface area contributed by atoms with Crippen molar-refractivity contribution in [3.05, 3.63) is 93.9 Å². The molecule has 0 aliphatic carbocycles. The van der Waals surface area contributed by atoms with Gasteiger partial charge < -0.3 is 4.90 Å². The molecule has 0 radical (unpaired) electrons. The van der Waals surface area contributed by atoms with Crippen molar-refractivity contribution in [3.8, 4) is 0 Å². The van der Waals surface area contributed by atoms with Crippen LogP contribution in [0.2, 0.25) is 0 Å². The summed E-state index contributed by atoms with van der Waals surface area (Å²) in [5, 5.41) is 4.05. The van der Waals surface area contributed by atoms with Crippen molar-refractivity contribution in [2.75, 3.05) is 6.54 Å². The lowest BCUT2D eigenvalue weighted by Crippen LogP contribution is -2.34. The van der Waals surface area contributed by atoms with Crippen LogP contribution >= 0.6 is 0 Å². The van der Waals surface area contributed by atoms with Crippen molar-refractivity contribution in [1.82, 2.24) is 19.7 Å². The molecule has 1 aromatic carbocycles. The number of hydrogen-bond acceptors (Lipinski definition) is 4. The van der Waals surface area contributed by atoms with Gasteiger partial charge in [-0.05, 0) is 41.8 Å². The Bertz CT molecular complexity index is 971. The minimum atomic E-state index is -0.295. The summed E-state index contributed by atoms with van der Waals surface area (Å²) in [6.07, 6.45) is 3.94. The van der Waals surface area contributed by atoms with Gasteiger partial charge in [-0.1, -0.05) is 18.2 Å². The van der Waals surface area contributed by atoms with Crippen molar-refractivity contribution in [1.29, 1.82) is 0 Å². The maximum absolute atomic E-state index is 13.1. The normalized spacial score (nSPS) is 10.6. The number of aromatic nitrogens is 3. The number of nitrogens with zero attached hydrogens (tertiary/aromatic N) is 4. The van der Waals surface area contributed by atoms with Gasteiger partial charge in [0.25, 0.3) is 11.5 Å². The van der Waals surface area contributed by atoms with Crippen LogP contribution in [-0.4, -0.2) is 32.1 Å². The third-order valence-electron chi connectivity index (χ3n) is 4.15. The Labute approximate surface area is 155 Å². The first-order chi connectivity index (χ1) is 13.0. The molecular formula is C20H19FN4O2. The van der Waals surface area contributed by atoms with Crippen LogP contribution in [0.4, 0.5) is 4.39 Å².